The lowest BCUT2D eigenvalue weighted by Gasteiger charge is -2.38. The molecule has 19 heavy (non-hydrogen) atoms. The molecule has 1 aromatic carbocycles. The van der Waals surface area contributed by atoms with E-state index in [1.165, 1.54) is 44.1 Å². The molecule has 1 saturated carbocycles. The minimum absolute atomic E-state index is 0.430. The summed E-state index contributed by atoms with van der Waals surface area (Å²) < 4.78 is 0. The SMILES string of the molecule is CCCNC(c1cccc(Cl)c1)C1(CC)CCCC1. The molecule has 1 N–H and O–H groups in total. The fourth-order valence-electron chi connectivity index (χ4n) is 3.59. The maximum absolute atomic E-state index is 6.19. The average molecular weight is 280 g/mol. The van der Waals surface area contributed by atoms with Crippen molar-refractivity contribution in [3.63, 3.8) is 0 Å². The van der Waals surface area contributed by atoms with E-state index < -0.39 is 0 Å². The summed E-state index contributed by atoms with van der Waals surface area (Å²) in [6.07, 6.45) is 7.87. The topological polar surface area (TPSA) is 12.0 Å². The summed E-state index contributed by atoms with van der Waals surface area (Å²) in [5.74, 6) is 0. The molecule has 0 aromatic heterocycles. The first-order valence-electron chi connectivity index (χ1n) is 7.70. The first kappa shape index (κ1) is 14.9. The highest BCUT2D eigenvalue weighted by Crippen LogP contribution is 2.50. The van der Waals surface area contributed by atoms with Crippen molar-refractivity contribution in [1.29, 1.82) is 0 Å². The first-order chi connectivity index (χ1) is 9.22. The standard InChI is InChI=1S/C17H26ClN/c1-3-12-19-16(14-8-7-9-15(18)13-14)17(4-2)10-5-6-11-17/h7-9,13,16,19H,3-6,10-12H2,1-2H3. The number of nitrogens with one attached hydrogen (secondary N) is 1. The van der Waals surface area contributed by atoms with Crippen LogP contribution in [-0.2, 0) is 0 Å². The third-order valence-corrected chi connectivity index (χ3v) is 4.93. The number of hydrogen-bond donors (Lipinski definition) is 1. The van der Waals surface area contributed by atoms with Gasteiger partial charge in [-0.2, -0.15) is 0 Å². The van der Waals surface area contributed by atoms with E-state index in [4.69, 9.17) is 11.6 Å². The smallest absolute Gasteiger partial charge is 0.0409 e. The summed E-state index contributed by atoms with van der Waals surface area (Å²) in [6, 6.07) is 8.88. The molecule has 1 atom stereocenters. The third-order valence-electron chi connectivity index (χ3n) is 4.70. The van der Waals surface area contributed by atoms with Gasteiger partial charge in [-0.1, -0.05) is 50.4 Å². The van der Waals surface area contributed by atoms with Crippen LogP contribution >= 0.6 is 11.6 Å². The number of hydrogen-bond acceptors (Lipinski definition) is 1. The Bertz CT molecular complexity index is 396. The van der Waals surface area contributed by atoms with Gasteiger partial charge in [-0.3, -0.25) is 0 Å². The van der Waals surface area contributed by atoms with Crippen molar-refractivity contribution in [3.05, 3.63) is 34.9 Å². The summed E-state index contributed by atoms with van der Waals surface area (Å²) in [7, 11) is 0. The molecule has 0 saturated heterocycles. The van der Waals surface area contributed by atoms with Gasteiger partial charge in [-0.05, 0) is 55.3 Å². The van der Waals surface area contributed by atoms with E-state index >= 15 is 0 Å². The predicted molar refractivity (Wildman–Crippen MR) is 83.7 cm³/mol. The van der Waals surface area contributed by atoms with Gasteiger partial charge in [0.05, 0.1) is 0 Å². The van der Waals surface area contributed by atoms with Gasteiger partial charge < -0.3 is 5.32 Å². The van der Waals surface area contributed by atoms with E-state index in [0.717, 1.165) is 11.6 Å². The zero-order valence-electron chi connectivity index (χ0n) is 12.2. The van der Waals surface area contributed by atoms with Crippen LogP contribution in [0.5, 0.6) is 0 Å². The van der Waals surface area contributed by atoms with Crippen LogP contribution in [0.3, 0.4) is 0 Å². The number of halogens is 1. The summed E-state index contributed by atoms with van der Waals surface area (Å²) in [5.41, 5.74) is 1.80. The molecule has 0 radical (unpaired) electrons. The predicted octanol–water partition coefficient (Wildman–Crippen LogP) is 5.35. The fourth-order valence-corrected chi connectivity index (χ4v) is 3.79. The molecule has 0 amide bonds. The zero-order chi connectivity index (χ0) is 13.7. The Labute approximate surface area is 122 Å². The van der Waals surface area contributed by atoms with E-state index in [-0.39, 0.29) is 0 Å². The lowest BCUT2D eigenvalue weighted by Crippen LogP contribution is -2.36. The molecule has 1 fully saturated rings. The van der Waals surface area contributed by atoms with Gasteiger partial charge in [0.25, 0.3) is 0 Å². The second-order valence-corrected chi connectivity index (χ2v) is 6.30. The summed E-state index contributed by atoms with van der Waals surface area (Å²) >= 11 is 6.19. The Kier molecular flexibility index (Phi) is 5.29. The fraction of sp³-hybridized carbons (Fsp3) is 0.647. The van der Waals surface area contributed by atoms with Gasteiger partial charge in [0, 0.05) is 11.1 Å². The van der Waals surface area contributed by atoms with E-state index in [0.29, 0.717) is 11.5 Å². The quantitative estimate of drug-likeness (QED) is 0.740. The van der Waals surface area contributed by atoms with Crippen molar-refractivity contribution in [3.8, 4) is 0 Å². The maximum atomic E-state index is 6.19. The molecule has 0 heterocycles. The highest BCUT2D eigenvalue weighted by atomic mass is 35.5. The largest absolute Gasteiger partial charge is 0.309 e. The van der Waals surface area contributed by atoms with E-state index in [2.05, 4.69) is 37.4 Å². The number of benzene rings is 1. The molecule has 2 heteroatoms. The molecule has 106 valence electrons. The Morgan fingerprint density at radius 3 is 2.58 bits per heavy atom. The first-order valence-corrected chi connectivity index (χ1v) is 8.08. The van der Waals surface area contributed by atoms with Gasteiger partial charge in [0.2, 0.25) is 0 Å². The molecule has 1 unspecified atom stereocenters. The number of rotatable bonds is 6. The zero-order valence-corrected chi connectivity index (χ0v) is 13.0. The Hall–Kier alpha value is -0.530. The van der Waals surface area contributed by atoms with Crippen LogP contribution in [0, 0.1) is 5.41 Å². The lowest BCUT2D eigenvalue weighted by atomic mass is 9.73. The molecule has 0 spiro atoms. The van der Waals surface area contributed by atoms with Crippen molar-refractivity contribution in [1.82, 2.24) is 5.32 Å². The molecule has 1 aliphatic carbocycles. The summed E-state index contributed by atoms with van der Waals surface area (Å²) in [6.45, 7) is 5.66. The van der Waals surface area contributed by atoms with Crippen molar-refractivity contribution in [2.45, 2.75) is 58.4 Å². The van der Waals surface area contributed by atoms with Gasteiger partial charge >= 0.3 is 0 Å². The molecule has 1 aliphatic rings. The molecule has 1 nitrogen and oxygen atoms in total. The Morgan fingerprint density at radius 1 is 1.26 bits per heavy atom. The van der Waals surface area contributed by atoms with E-state index in [1.807, 2.05) is 6.07 Å². The van der Waals surface area contributed by atoms with Gasteiger partial charge in [-0.25, -0.2) is 0 Å². The van der Waals surface area contributed by atoms with Crippen LogP contribution in [0.4, 0.5) is 0 Å². The minimum Gasteiger partial charge on any atom is -0.309 e. The molecule has 1 aromatic rings. The molecule has 0 bridgehead atoms. The highest BCUT2D eigenvalue weighted by Gasteiger charge is 2.40. The average Bonchev–Trinajstić information content (AvgIpc) is 2.89. The maximum Gasteiger partial charge on any atom is 0.0409 e. The summed E-state index contributed by atoms with van der Waals surface area (Å²) in [5, 5.41) is 4.64. The van der Waals surface area contributed by atoms with Crippen LogP contribution in [0.1, 0.15) is 64.0 Å². The third kappa shape index (κ3) is 3.32. The van der Waals surface area contributed by atoms with Crippen LogP contribution < -0.4 is 5.32 Å². The van der Waals surface area contributed by atoms with Gasteiger partial charge in [0.1, 0.15) is 0 Å². The van der Waals surface area contributed by atoms with Crippen molar-refractivity contribution in [2.75, 3.05) is 6.54 Å². The Morgan fingerprint density at radius 2 is 2.00 bits per heavy atom. The lowest BCUT2D eigenvalue weighted by molar-refractivity contribution is 0.187. The molecular formula is C17H26ClN. The second kappa shape index (κ2) is 6.76. The molecule has 2 rings (SSSR count). The highest BCUT2D eigenvalue weighted by molar-refractivity contribution is 6.30. The van der Waals surface area contributed by atoms with Crippen LogP contribution in [0.15, 0.2) is 24.3 Å². The van der Waals surface area contributed by atoms with E-state index in [9.17, 15) is 0 Å². The monoisotopic (exact) mass is 279 g/mol. The summed E-state index contributed by atoms with van der Waals surface area (Å²) in [4.78, 5) is 0. The van der Waals surface area contributed by atoms with Crippen LogP contribution in [0.25, 0.3) is 0 Å². The van der Waals surface area contributed by atoms with E-state index in [1.54, 1.807) is 0 Å². The normalized spacial score (nSPS) is 19.5. The van der Waals surface area contributed by atoms with Gasteiger partial charge in [0.15, 0.2) is 0 Å². The minimum atomic E-state index is 0.430. The van der Waals surface area contributed by atoms with Crippen LogP contribution in [0.2, 0.25) is 5.02 Å². The second-order valence-electron chi connectivity index (χ2n) is 5.87. The van der Waals surface area contributed by atoms with Crippen LogP contribution in [-0.4, -0.2) is 6.54 Å². The van der Waals surface area contributed by atoms with Gasteiger partial charge in [-0.15, -0.1) is 0 Å². The molecule has 0 aliphatic heterocycles. The molecular weight excluding hydrogens is 254 g/mol. The van der Waals surface area contributed by atoms with Crippen molar-refractivity contribution < 1.29 is 0 Å². The van der Waals surface area contributed by atoms with Crippen molar-refractivity contribution >= 4 is 11.6 Å². The Balaban J connectivity index is 2.29. The van der Waals surface area contributed by atoms with Crippen molar-refractivity contribution in [2.24, 2.45) is 5.41 Å².